The molecule has 6 nitrogen and oxygen atoms in total. The van der Waals surface area contributed by atoms with E-state index in [4.69, 9.17) is 21.1 Å². The average molecular weight is 502 g/mol. The molecule has 0 aliphatic carbocycles. The molecule has 1 atom stereocenters. The highest BCUT2D eigenvalue weighted by Gasteiger charge is 2.14. The summed E-state index contributed by atoms with van der Waals surface area (Å²) in [4.78, 5) is 24.3. The van der Waals surface area contributed by atoms with Gasteiger partial charge in [-0.25, -0.2) is 10.2 Å². The van der Waals surface area contributed by atoms with Gasteiger partial charge in [0.05, 0.1) is 16.8 Å². The molecule has 0 aliphatic rings. The van der Waals surface area contributed by atoms with Crippen molar-refractivity contribution in [3.05, 3.63) is 93.4 Å². The number of hydrazone groups is 1. The lowest BCUT2D eigenvalue weighted by Gasteiger charge is -2.12. The van der Waals surface area contributed by atoms with Crippen LogP contribution in [0.25, 0.3) is 0 Å². The first-order valence-electron chi connectivity index (χ1n) is 9.24. The molecule has 0 spiro atoms. The molecule has 1 N–H and O–H groups in total. The Morgan fingerprint density at radius 3 is 2.32 bits per heavy atom. The third-order valence-electron chi connectivity index (χ3n) is 4.07. The van der Waals surface area contributed by atoms with Gasteiger partial charge in [-0.3, -0.25) is 4.79 Å². The van der Waals surface area contributed by atoms with Gasteiger partial charge >= 0.3 is 5.97 Å². The van der Waals surface area contributed by atoms with Crippen LogP contribution in [0.4, 0.5) is 0 Å². The van der Waals surface area contributed by atoms with Gasteiger partial charge in [-0.2, -0.15) is 5.10 Å². The Morgan fingerprint density at radius 1 is 1.00 bits per heavy atom. The van der Waals surface area contributed by atoms with Crippen molar-refractivity contribution in [2.45, 2.75) is 13.0 Å². The van der Waals surface area contributed by atoms with E-state index in [0.717, 1.165) is 4.47 Å². The number of nitrogens with zero attached hydrogens (tertiary/aromatic N) is 1. The second-order valence-electron chi connectivity index (χ2n) is 6.39. The van der Waals surface area contributed by atoms with Crippen molar-refractivity contribution in [2.75, 3.05) is 0 Å². The summed E-state index contributed by atoms with van der Waals surface area (Å²) in [5, 5.41) is 4.26. The van der Waals surface area contributed by atoms with Crippen LogP contribution in [0.15, 0.2) is 82.4 Å². The molecule has 0 saturated heterocycles. The molecular weight excluding hydrogens is 484 g/mol. The quantitative estimate of drug-likeness (QED) is 0.208. The number of ether oxygens (including phenoxy) is 2. The van der Waals surface area contributed by atoms with Gasteiger partial charge in [-0.15, -0.1) is 0 Å². The van der Waals surface area contributed by atoms with Crippen molar-refractivity contribution in [1.29, 1.82) is 0 Å². The van der Waals surface area contributed by atoms with Gasteiger partial charge in [0.15, 0.2) is 6.10 Å². The summed E-state index contributed by atoms with van der Waals surface area (Å²) >= 11 is 9.35. The molecule has 0 aromatic heterocycles. The van der Waals surface area contributed by atoms with Crippen LogP contribution in [-0.4, -0.2) is 24.2 Å². The van der Waals surface area contributed by atoms with Crippen molar-refractivity contribution in [3.8, 4) is 11.5 Å². The van der Waals surface area contributed by atoms with Crippen molar-refractivity contribution >= 4 is 45.6 Å². The maximum atomic E-state index is 12.2. The summed E-state index contributed by atoms with van der Waals surface area (Å²) in [5.74, 6) is 0.0166. The van der Waals surface area contributed by atoms with Crippen LogP contribution >= 0.6 is 27.5 Å². The molecule has 158 valence electrons. The molecule has 1 amide bonds. The Bertz CT molecular complexity index is 1090. The van der Waals surface area contributed by atoms with E-state index in [2.05, 4.69) is 26.5 Å². The number of rotatable bonds is 7. The van der Waals surface area contributed by atoms with E-state index >= 15 is 0 Å². The van der Waals surface area contributed by atoms with E-state index in [9.17, 15) is 9.59 Å². The number of esters is 1. The van der Waals surface area contributed by atoms with E-state index in [-0.39, 0.29) is 11.5 Å². The lowest BCUT2D eigenvalue weighted by atomic mass is 10.2. The molecular formula is C23H18BrClN2O4. The fraction of sp³-hybridized carbons (Fsp3) is 0.0870. The molecule has 0 heterocycles. The summed E-state index contributed by atoms with van der Waals surface area (Å²) in [5.41, 5.74) is 3.43. The van der Waals surface area contributed by atoms with Crippen molar-refractivity contribution in [3.63, 3.8) is 0 Å². The number of hydrogen-bond acceptors (Lipinski definition) is 5. The van der Waals surface area contributed by atoms with Crippen molar-refractivity contribution < 1.29 is 19.1 Å². The molecule has 0 saturated carbocycles. The molecule has 0 radical (unpaired) electrons. The summed E-state index contributed by atoms with van der Waals surface area (Å²) in [6, 6.07) is 20.5. The largest absolute Gasteiger partial charge is 0.481 e. The predicted octanol–water partition coefficient (Wildman–Crippen LogP) is 5.24. The van der Waals surface area contributed by atoms with Crippen LogP contribution in [0.5, 0.6) is 11.5 Å². The minimum Gasteiger partial charge on any atom is -0.481 e. The maximum absolute atomic E-state index is 12.2. The molecule has 31 heavy (non-hydrogen) atoms. The minimum absolute atomic E-state index is 0.289. The number of carbonyl (C=O) groups is 2. The number of amides is 1. The number of halogens is 2. The zero-order valence-corrected chi connectivity index (χ0v) is 18.8. The molecule has 3 aromatic rings. The van der Waals surface area contributed by atoms with Gasteiger partial charge in [0.2, 0.25) is 0 Å². The Hall–Kier alpha value is -3.16. The predicted molar refractivity (Wildman–Crippen MR) is 123 cm³/mol. The first-order chi connectivity index (χ1) is 14.9. The molecule has 8 heteroatoms. The van der Waals surface area contributed by atoms with Gasteiger partial charge < -0.3 is 9.47 Å². The monoisotopic (exact) mass is 500 g/mol. The topological polar surface area (TPSA) is 77.0 Å². The van der Waals surface area contributed by atoms with Crippen molar-refractivity contribution in [1.82, 2.24) is 5.43 Å². The lowest BCUT2D eigenvalue weighted by Crippen LogP contribution is -2.33. The van der Waals surface area contributed by atoms with Gasteiger partial charge in [0, 0.05) is 4.47 Å². The number of nitrogens with one attached hydrogen (secondary N) is 1. The highest BCUT2D eigenvalue weighted by Crippen LogP contribution is 2.19. The molecule has 3 rings (SSSR count). The summed E-state index contributed by atoms with van der Waals surface area (Å²) < 4.78 is 11.8. The Kier molecular flexibility index (Phi) is 7.81. The number of carbonyl (C=O) groups excluding carboxylic acids is 2. The van der Waals surface area contributed by atoms with Crippen LogP contribution < -0.4 is 14.9 Å². The normalized spacial score (nSPS) is 11.7. The third kappa shape index (κ3) is 6.67. The number of benzene rings is 3. The van der Waals surface area contributed by atoms with Crippen LogP contribution in [0, 0.1) is 0 Å². The van der Waals surface area contributed by atoms with Crippen LogP contribution in [0.1, 0.15) is 22.8 Å². The van der Waals surface area contributed by atoms with Gasteiger partial charge in [-0.1, -0.05) is 39.7 Å². The molecule has 3 aromatic carbocycles. The Morgan fingerprint density at radius 2 is 1.65 bits per heavy atom. The first kappa shape index (κ1) is 22.5. The fourth-order valence-corrected chi connectivity index (χ4v) is 2.92. The summed E-state index contributed by atoms with van der Waals surface area (Å²) in [7, 11) is 0. The zero-order chi connectivity index (χ0) is 22.2. The minimum atomic E-state index is -0.718. The van der Waals surface area contributed by atoms with Gasteiger partial charge in [-0.05, 0) is 73.2 Å². The summed E-state index contributed by atoms with van der Waals surface area (Å²) in [6.45, 7) is 1.63. The van der Waals surface area contributed by atoms with Gasteiger partial charge in [0.25, 0.3) is 5.91 Å². The third-order valence-corrected chi connectivity index (χ3v) is 4.93. The van der Waals surface area contributed by atoms with E-state index in [1.807, 2.05) is 12.1 Å². The molecule has 0 fully saturated rings. The second kappa shape index (κ2) is 10.7. The highest BCUT2D eigenvalue weighted by atomic mass is 79.9. The highest BCUT2D eigenvalue weighted by molar-refractivity contribution is 9.10. The molecule has 0 bridgehead atoms. The first-order valence-corrected chi connectivity index (χ1v) is 10.4. The van der Waals surface area contributed by atoms with Crippen LogP contribution in [-0.2, 0) is 4.79 Å². The standard InChI is InChI=1S/C23H18BrClN2O4/c1-15(30-18-12-8-17(24)9-13-18)22(28)27-26-14-16-6-10-19(11-7-16)31-23(29)20-4-2-3-5-21(20)25/h2-15H,1H3,(H,27,28)/b26-14-/t15-/m1/s1. The smallest absolute Gasteiger partial charge is 0.345 e. The van der Waals surface area contributed by atoms with Crippen molar-refractivity contribution in [2.24, 2.45) is 5.10 Å². The van der Waals surface area contributed by atoms with Gasteiger partial charge in [0.1, 0.15) is 11.5 Å². The van der Waals surface area contributed by atoms with E-state index < -0.39 is 12.1 Å². The zero-order valence-electron chi connectivity index (χ0n) is 16.4. The van der Waals surface area contributed by atoms with Crippen LogP contribution in [0.3, 0.4) is 0 Å². The fourth-order valence-electron chi connectivity index (χ4n) is 2.44. The van der Waals surface area contributed by atoms with Crippen LogP contribution in [0.2, 0.25) is 5.02 Å². The van der Waals surface area contributed by atoms with E-state index in [0.29, 0.717) is 22.1 Å². The van der Waals surface area contributed by atoms with E-state index in [1.54, 1.807) is 67.6 Å². The number of hydrogen-bond donors (Lipinski definition) is 1. The van der Waals surface area contributed by atoms with E-state index in [1.165, 1.54) is 6.21 Å². The lowest BCUT2D eigenvalue weighted by molar-refractivity contribution is -0.127. The molecule has 0 unspecified atom stereocenters. The Balaban J connectivity index is 1.51. The second-order valence-corrected chi connectivity index (χ2v) is 7.71. The molecule has 0 aliphatic heterocycles. The maximum Gasteiger partial charge on any atom is 0.345 e. The summed E-state index contributed by atoms with van der Waals surface area (Å²) in [6.07, 6.45) is 0.758. The SMILES string of the molecule is C[C@@H](Oc1ccc(Br)cc1)C(=O)N/N=C\c1ccc(OC(=O)c2ccccc2Cl)cc1. The average Bonchev–Trinajstić information content (AvgIpc) is 2.76. The Labute approximate surface area is 193 Å².